The molecule has 1 aliphatic rings. The first-order chi connectivity index (χ1) is 7.46. The molecule has 0 atom stereocenters. The smallest absolute Gasteiger partial charge is 0.139 e. The van der Waals surface area contributed by atoms with Gasteiger partial charge in [-0.1, -0.05) is 19.8 Å². The van der Waals surface area contributed by atoms with Crippen LogP contribution in [0.3, 0.4) is 0 Å². The van der Waals surface area contributed by atoms with Gasteiger partial charge in [0.25, 0.3) is 0 Å². The van der Waals surface area contributed by atoms with E-state index in [9.17, 15) is 4.79 Å². The number of carbonyl (C=O) groups is 1. The van der Waals surface area contributed by atoms with E-state index in [4.69, 9.17) is 4.74 Å². The van der Waals surface area contributed by atoms with Crippen LogP contribution < -0.4 is 0 Å². The van der Waals surface area contributed by atoms with E-state index in [0.717, 1.165) is 25.7 Å². The topological polar surface area (TPSA) is 26.3 Å². The molecule has 0 unspecified atom stereocenters. The fraction of sp³-hybridized carbons (Fsp3) is 0.929. The number of ketones is 1. The Balaban J connectivity index is 2.51. The molecule has 0 spiro atoms. The third kappa shape index (κ3) is 3.07. The van der Waals surface area contributed by atoms with E-state index in [2.05, 4.69) is 6.92 Å². The summed E-state index contributed by atoms with van der Waals surface area (Å²) in [7, 11) is 1.72. The maximum atomic E-state index is 12.3. The fourth-order valence-electron chi connectivity index (χ4n) is 2.66. The lowest BCUT2D eigenvalue weighted by molar-refractivity contribution is -0.130. The molecule has 1 fully saturated rings. The molecular weight excluding hydrogens is 200 g/mol. The highest BCUT2D eigenvalue weighted by molar-refractivity contribution is 5.85. The first-order valence-electron chi connectivity index (χ1n) is 6.54. The third-order valence-corrected chi connectivity index (χ3v) is 4.34. The van der Waals surface area contributed by atoms with Gasteiger partial charge in [-0.15, -0.1) is 0 Å². The molecule has 0 aromatic rings. The van der Waals surface area contributed by atoms with E-state index in [1.54, 1.807) is 7.11 Å². The molecule has 2 heteroatoms. The molecule has 1 saturated carbocycles. The zero-order valence-corrected chi connectivity index (χ0v) is 11.3. The van der Waals surface area contributed by atoms with Crippen LogP contribution in [0.25, 0.3) is 0 Å². The number of hydrogen-bond donors (Lipinski definition) is 0. The fourth-order valence-corrected chi connectivity index (χ4v) is 2.66. The van der Waals surface area contributed by atoms with Crippen LogP contribution in [0.5, 0.6) is 0 Å². The number of ether oxygens (including phenoxy) is 1. The second-order valence-corrected chi connectivity index (χ2v) is 5.73. The SMILES string of the molecule is CCC1(C(=O)CCC(C)(C)OC)CCCC1. The highest BCUT2D eigenvalue weighted by atomic mass is 16.5. The Morgan fingerprint density at radius 1 is 1.31 bits per heavy atom. The summed E-state index contributed by atoms with van der Waals surface area (Å²) in [6.07, 6.45) is 7.20. The van der Waals surface area contributed by atoms with Crippen molar-refractivity contribution < 1.29 is 9.53 Å². The van der Waals surface area contributed by atoms with Gasteiger partial charge in [-0.3, -0.25) is 4.79 Å². The zero-order chi connectivity index (χ0) is 12.2. The summed E-state index contributed by atoms with van der Waals surface area (Å²) in [5.74, 6) is 0.470. The van der Waals surface area contributed by atoms with Gasteiger partial charge in [0.1, 0.15) is 5.78 Å². The van der Waals surface area contributed by atoms with Crippen molar-refractivity contribution in [2.45, 2.75) is 71.3 Å². The van der Waals surface area contributed by atoms with Gasteiger partial charge in [-0.05, 0) is 39.5 Å². The Morgan fingerprint density at radius 2 is 1.88 bits per heavy atom. The van der Waals surface area contributed by atoms with Crippen LogP contribution in [0.4, 0.5) is 0 Å². The van der Waals surface area contributed by atoms with Crippen molar-refractivity contribution in [2.75, 3.05) is 7.11 Å². The minimum atomic E-state index is -0.163. The van der Waals surface area contributed by atoms with Crippen LogP contribution >= 0.6 is 0 Å². The van der Waals surface area contributed by atoms with E-state index in [0.29, 0.717) is 12.2 Å². The average Bonchev–Trinajstić information content (AvgIpc) is 2.76. The van der Waals surface area contributed by atoms with Crippen molar-refractivity contribution in [3.63, 3.8) is 0 Å². The number of carbonyl (C=O) groups excluding carboxylic acids is 1. The Hall–Kier alpha value is -0.370. The summed E-state index contributed by atoms with van der Waals surface area (Å²) >= 11 is 0. The van der Waals surface area contributed by atoms with Gasteiger partial charge in [0, 0.05) is 18.9 Å². The van der Waals surface area contributed by atoms with Crippen molar-refractivity contribution in [1.82, 2.24) is 0 Å². The summed E-state index contributed by atoms with van der Waals surface area (Å²) in [6.45, 7) is 6.26. The van der Waals surface area contributed by atoms with Gasteiger partial charge >= 0.3 is 0 Å². The van der Waals surface area contributed by atoms with Gasteiger partial charge in [0.15, 0.2) is 0 Å². The van der Waals surface area contributed by atoms with Crippen molar-refractivity contribution in [3.8, 4) is 0 Å². The molecule has 0 bridgehead atoms. The molecule has 0 aliphatic heterocycles. The van der Waals surface area contributed by atoms with Crippen molar-refractivity contribution in [1.29, 1.82) is 0 Å². The van der Waals surface area contributed by atoms with Crippen molar-refractivity contribution in [2.24, 2.45) is 5.41 Å². The molecule has 0 amide bonds. The average molecular weight is 226 g/mol. The van der Waals surface area contributed by atoms with E-state index in [1.165, 1.54) is 12.8 Å². The molecule has 0 aromatic heterocycles. The summed E-state index contributed by atoms with van der Waals surface area (Å²) < 4.78 is 5.37. The molecule has 0 N–H and O–H groups in total. The molecule has 94 valence electrons. The van der Waals surface area contributed by atoms with Crippen LogP contribution in [0.2, 0.25) is 0 Å². The Labute approximate surface area is 99.8 Å². The molecule has 16 heavy (non-hydrogen) atoms. The zero-order valence-electron chi connectivity index (χ0n) is 11.3. The summed E-state index contributed by atoms with van der Waals surface area (Å²) in [5.41, 5.74) is -0.146. The van der Waals surface area contributed by atoms with Gasteiger partial charge in [-0.25, -0.2) is 0 Å². The maximum absolute atomic E-state index is 12.3. The highest BCUT2D eigenvalue weighted by Crippen LogP contribution is 2.43. The van der Waals surface area contributed by atoms with Crippen LogP contribution in [-0.4, -0.2) is 18.5 Å². The van der Waals surface area contributed by atoms with Gasteiger partial charge in [0.05, 0.1) is 5.60 Å². The monoisotopic (exact) mass is 226 g/mol. The Morgan fingerprint density at radius 3 is 2.31 bits per heavy atom. The van der Waals surface area contributed by atoms with Gasteiger partial charge < -0.3 is 4.74 Å². The van der Waals surface area contributed by atoms with Crippen LogP contribution in [0.1, 0.15) is 65.7 Å². The molecule has 0 aromatic carbocycles. The normalized spacial score (nSPS) is 20.0. The first kappa shape index (κ1) is 13.7. The third-order valence-electron chi connectivity index (χ3n) is 4.34. The minimum Gasteiger partial charge on any atom is -0.379 e. The van der Waals surface area contributed by atoms with Crippen LogP contribution in [0.15, 0.2) is 0 Å². The lowest BCUT2D eigenvalue weighted by Gasteiger charge is -2.28. The van der Waals surface area contributed by atoms with Crippen molar-refractivity contribution in [3.05, 3.63) is 0 Å². The molecule has 2 nitrogen and oxygen atoms in total. The summed E-state index contributed by atoms with van der Waals surface area (Å²) in [4.78, 5) is 12.3. The van der Waals surface area contributed by atoms with E-state index in [-0.39, 0.29) is 11.0 Å². The molecular formula is C14H26O2. The van der Waals surface area contributed by atoms with E-state index >= 15 is 0 Å². The lowest BCUT2D eigenvalue weighted by Crippen LogP contribution is -2.30. The molecule has 1 rings (SSSR count). The standard InChI is InChI=1S/C14H26O2/c1-5-14(9-6-7-10-14)12(15)8-11-13(2,3)16-4/h5-11H2,1-4H3. The second kappa shape index (κ2) is 5.31. The largest absolute Gasteiger partial charge is 0.379 e. The predicted molar refractivity (Wildman–Crippen MR) is 66.5 cm³/mol. The Kier molecular flexibility index (Phi) is 4.54. The van der Waals surface area contributed by atoms with Gasteiger partial charge in [-0.2, -0.15) is 0 Å². The molecule has 0 radical (unpaired) electrons. The number of rotatable bonds is 6. The second-order valence-electron chi connectivity index (χ2n) is 5.73. The highest BCUT2D eigenvalue weighted by Gasteiger charge is 2.38. The number of Topliss-reactive ketones (excluding diaryl/α,β-unsaturated/α-hetero) is 1. The van der Waals surface area contributed by atoms with E-state index < -0.39 is 0 Å². The summed E-state index contributed by atoms with van der Waals surface area (Å²) in [5, 5.41) is 0. The van der Waals surface area contributed by atoms with Crippen LogP contribution in [-0.2, 0) is 9.53 Å². The first-order valence-corrected chi connectivity index (χ1v) is 6.54. The maximum Gasteiger partial charge on any atom is 0.139 e. The predicted octanol–water partition coefficient (Wildman–Crippen LogP) is 3.73. The summed E-state index contributed by atoms with van der Waals surface area (Å²) in [6, 6.07) is 0. The molecule has 1 aliphatic carbocycles. The minimum absolute atomic E-state index is 0.0177. The molecule has 0 saturated heterocycles. The van der Waals surface area contributed by atoms with Gasteiger partial charge in [0.2, 0.25) is 0 Å². The number of methoxy groups -OCH3 is 1. The molecule has 0 heterocycles. The van der Waals surface area contributed by atoms with Crippen molar-refractivity contribution >= 4 is 5.78 Å². The number of hydrogen-bond acceptors (Lipinski definition) is 2. The quantitative estimate of drug-likeness (QED) is 0.689. The lowest BCUT2D eigenvalue weighted by atomic mass is 9.77. The van der Waals surface area contributed by atoms with E-state index in [1.807, 2.05) is 13.8 Å². The Bertz CT molecular complexity index is 237. The van der Waals surface area contributed by atoms with Crippen LogP contribution in [0, 0.1) is 5.41 Å².